The lowest BCUT2D eigenvalue weighted by Crippen LogP contribution is -2.17. The van der Waals surface area contributed by atoms with Crippen molar-refractivity contribution in [2.45, 2.75) is 0 Å². The fourth-order valence-corrected chi connectivity index (χ4v) is 6.73. The van der Waals surface area contributed by atoms with Gasteiger partial charge in [-0.15, -0.1) is 22.7 Å². The van der Waals surface area contributed by atoms with E-state index in [0.29, 0.717) is 52.9 Å². The van der Waals surface area contributed by atoms with Crippen LogP contribution < -0.4 is 9.47 Å². The van der Waals surface area contributed by atoms with E-state index in [1.807, 2.05) is 72.8 Å². The number of nitrogens with one attached hydrogen (secondary N) is 2. The molecule has 1 aliphatic carbocycles. The first-order valence-corrected chi connectivity index (χ1v) is 16.6. The lowest BCUT2D eigenvalue weighted by molar-refractivity contribution is 0.0544. The van der Waals surface area contributed by atoms with Crippen molar-refractivity contribution in [2.75, 3.05) is 67.1 Å². The van der Waals surface area contributed by atoms with E-state index < -0.39 is 0 Å². The van der Waals surface area contributed by atoms with Gasteiger partial charge in [0.05, 0.1) is 51.1 Å². The Morgan fingerprint density at radius 2 is 0.826 bits per heavy atom. The fraction of sp³-hybridized carbons (Fsp3) is 0.278. The molecule has 2 aromatic carbocycles. The molecule has 5 rings (SSSR count). The van der Waals surface area contributed by atoms with Crippen molar-refractivity contribution in [1.82, 2.24) is 0 Å². The molecule has 2 heterocycles. The van der Waals surface area contributed by atoms with E-state index in [0.717, 1.165) is 53.3 Å². The van der Waals surface area contributed by atoms with Gasteiger partial charge in [0.25, 0.3) is 0 Å². The summed E-state index contributed by atoms with van der Waals surface area (Å²) < 4.78 is 32.4. The molecule has 0 fully saturated rings. The topological polar surface area (TPSA) is 103 Å². The molecule has 46 heavy (non-hydrogen) atoms. The van der Waals surface area contributed by atoms with E-state index in [4.69, 9.17) is 39.2 Å². The third kappa shape index (κ3) is 8.88. The maximum Gasteiger partial charge on any atom is 0.119 e. The molecule has 4 aromatic rings. The van der Waals surface area contributed by atoms with E-state index in [1.54, 1.807) is 36.9 Å². The summed E-state index contributed by atoms with van der Waals surface area (Å²) in [5.74, 6) is 1.58. The van der Waals surface area contributed by atoms with Gasteiger partial charge in [0.1, 0.15) is 24.7 Å². The second kappa shape index (κ2) is 17.1. The molecule has 0 unspecified atom stereocenters. The van der Waals surface area contributed by atoms with Crippen LogP contribution in [0.15, 0.2) is 84.9 Å². The van der Waals surface area contributed by atoms with Crippen LogP contribution in [0.25, 0.3) is 32.0 Å². The summed E-state index contributed by atoms with van der Waals surface area (Å²) in [6, 6.07) is 24.1. The van der Waals surface area contributed by atoms with Crippen LogP contribution in [0, 0.1) is 10.8 Å². The van der Waals surface area contributed by atoms with E-state index in [2.05, 4.69) is 12.1 Å². The number of rotatable bonds is 18. The average Bonchev–Trinajstić information content (AvgIpc) is 3.77. The molecule has 2 N–H and O–H groups in total. The number of ether oxygens (including phenoxy) is 6. The van der Waals surface area contributed by atoms with Gasteiger partial charge < -0.3 is 28.4 Å². The van der Waals surface area contributed by atoms with E-state index >= 15 is 0 Å². The van der Waals surface area contributed by atoms with Crippen LogP contribution in [0.2, 0.25) is 0 Å². The van der Waals surface area contributed by atoms with Gasteiger partial charge in [-0.3, -0.25) is 10.8 Å². The van der Waals surface area contributed by atoms with Gasteiger partial charge in [0.15, 0.2) is 0 Å². The number of thiophene rings is 2. The molecular formula is C36H38N2O6S2. The Labute approximate surface area is 277 Å². The van der Waals surface area contributed by atoms with Crippen LogP contribution >= 0.6 is 22.7 Å². The minimum Gasteiger partial charge on any atom is -0.491 e. The predicted octanol–water partition coefficient (Wildman–Crippen LogP) is 7.75. The Kier molecular flexibility index (Phi) is 12.5. The summed E-state index contributed by atoms with van der Waals surface area (Å²) in [6.07, 6.45) is 3.92. The Morgan fingerprint density at radius 3 is 1.22 bits per heavy atom. The van der Waals surface area contributed by atoms with Gasteiger partial charge in [-0.05, 0) is 83.9 Å². The molecule has 10 heteroatoms. The molecule has 0 radical (unpaired) electrons. The number of allylic oxidation sites excluding steroid dienone is 4. The second-order valence-corrected chi connectivity index (χ2v) is 12.4. The minimum absolute atomic E-state index is 0.227. The van der Waals surface area contributed by atoms with Crippen LogP contribution in [0.5, 0.6) is 11.5 Å². The molecule has 0 atom stereocenters. The first kappa shape index (κ1) is 33.5. The zero-order valence-electron chi connectivity index (χ0n) is 26.0. The molecule has 0 bridgehead atoms. The molecule has 2 aromatic heterocycles. The minimum atomic E-state index is 0.227. The quantitative estimate of drug-likeness (QED) is 0.0838. The molecular weight excluding hydrogens is 621 g/mol. The van der Waals surface area contributed by atoms with E-state index in [1.165, 1.54) is 0 Å². The van der Waals surface area contributed by atoms with E-state index in [-0.39, 0.29) is 11.4 Å². The summed E-state index contributed by atoms with van der Waals surface area (Å²) >= 11 is 3.23. The number of methoxy groups -OCH3 is 2. The zero-order valence-corrected chi connectivity index (χ0v) is 27.6. The zero-order chi connectivity index (χ0) is 32.1. The van der Waals surface area contributed by atoms with Gasteiger partial charge in [0.2, 0.25) is 0 Å². The van der Waals surface area contributed by atoms with Crippen molar-refractivity contribution < 1.29 is 28.4 Å². The molecule has 0 saturated heterocycles. The van der Waals surface area contributed by atoms with Crippen LogP contribution in [0.1, 0.15) is 9.75 Å². The molecule has 0 amide bonds. The molecule has 0 saturated carbocycles. The van der Waals surface area contributed by atoms with Crippen molar-refractivity contribution in [3.8, 4) is 32.4 Å². The molecule has 240 valence electrons. The van der Waals surface area contributed by atoms with Crippen LogP contribution in [-0.4, -0.2) is 78.5 Å². The summed E-state index contributed by atoms with van der Waals surface area (Å²) in [7, 11) is 3.30. The summed E-state index contributed by atoms with van der Waals surface area (Å²) in [4.78, 5) is 4.11. The summed E-state index contributed by atoms with van der Waals surface area (Å²) in [5, 5.41) is 17.7. The lowest BCUT2D eigenvalue weighted by atomic mass is 9.92. The van der Waals surface area contributed by atoms with Crippen molar-refractivity contribution in [1.29, 1.82) is 10.8 Å². The van der Waals surface area contributed by atoms with Gasteiger partial charge >= 0.3 is 0 Å². The van der Waals surface area contributed by atoms with Crippen LogP contribution in [0.4, 0.5) is 0 Å². The SMILES string of the molecule is COCCOCCOc1ccc(-c2ccc(C3=CC=C(c4ccc(-c5ccc(OCCOCCOC)cc5)s4)C(=N)C3=N)s2)cc1. The Morgan fingerprint density at radius 1 is 0.457 bits per heavy atom. The second-order valence-electron chi connectivity index (χ2n) is 10.2. The van der Waals surface area contributed by atoms with Crippen molar-refractivity contribution in [3.05, 3.63) is 94.7 Å². The number of hydrogen-bond acceptors (Lipinski definition) is 10. The maximum absolute atomic E-state index is 8.84. The van der Waals surface area contributed by atoms with E-state index in [9.17, 15) is 0 Å². The Hall–Kier alpha value is -3.90. The van der Waals surface area contributed by atoms with Gasteiger partial charge in [-0.1, -0.05) is 12.2 Å². The smallest absolute Gasteiger partial charge is 0.119 e. The maximum atomic E-state index is 8.84. The Balaban J connectivity index is 1.19. The monoisotopic (exact) mass is 658 g/mol. The highest BCUT2D eigenvalue weighted by Crippen LogP contribution is 2.38. The fourth-order valence-electron chi connectivity index (χ4n) is 4.65. The summed E-state index contributed by atoms with van der Waals surface area (Å²) in [6.45, 7) is 4.23. The number of hydrogen-bond donors (Lipinski definition) is 2. The highest BCUT2D eigenvalue weighted by molar-refractivity contribution is 7.18. The average molecular weight is 659 g/mol. The third-order valence-electron chi connectivity index (χ3n) is 7.08. The highest BCUT2D eigenvalue weighted by atomic mass is 32.1. The molecule has 1 aliphatic rings. The largest absolute Gasteiger partial charge is 0.491 e. The molecule has 0 spiro atoms. The van der Waals surface area contributed by atoms with Gasteiger partial charge in [-0.2, -0.15) is 0 Å². The van der Waals surface area contributed by atoms with Crippen molar-refractivity contribution >= 4 is 45.2 Å². The normalized spacial score (nSPS) is 13.1. The van der Waals surface area contributed by atoms with Crippen LogP contribution in [0.3, 0.4) is 0 Å². The van der Waals surface area contributed by atoms with Crippen molar-refractivity contribution in [2.24, 2.45) is 0 Å². The number of benzene rings is 2. The molecule has 0 aliphatic heterocycles. The predicted molar refractivity (Wildman–Crippen MR) is 187 cm³/mol. The van der Waals surface area contributed by atoms with Gasteiger partial charge in [0, 0.05) is 44.9 Å². The molecule has 8 nitrogen and oxygen atoms in total. The van der Waals surface area contributed by atoms with Crippen LogP contribution in [-0.2, 0) is 18.9 Å². The summed E-state index contributed by atoms with van der Waals surface area (Å²) in [5.41, 5.74) is 4.12. The first-order chi connectivity index (χ1) is 22.6. The standard InChI is InChI=1S/C36H38N2O6S2/c1-39-17-19-41-21-23-43-27-7-3-25(4-8-27)31-13-15-33(45-31)29-11-12-30(36(38)35(29)37)34-16-14-32(46-34)26-5-9-28(10-6-26)44-24-22-42-20-18-40-2/h3-16,37-38H,17-24H2,1-2H3. The van der Waals surface area contributed by atoms with Gasteiger partial charge in [-0.25, -0.2) is 0 Å². The van der Waals surface area contributed by atoms with Crippen molar-refractivity contribution in [3.63, 3.8) is 0 Å². The Bertz CT molecular complexity index is 1530. The lowest BCUT2D eigenvalue weighted by Gasteiger charge is -2.15. The highest BCUT2D eigenvalue weighted by Gasteiger charge is 2.23. The third-order valence-corrected chi connectivity index (χ3v) is 9.42. The first-order valence-electron chi connectivity index (χ1n) is 15.0.